The summed E-state index contributed by atoms with van der Waals surface area (Å²) in [6, 6.07) is 7.85. The van der Waals surface area contributed by atoms with Crippen molar-refractivity contribution in [3.63, 3.8) is 0 Å². The third-order valence-electron chi connectivity index (χ3n) is 5.25. The molecule has 5 heteroatoms. The van der Waals surface area contributed by atoms with Crippen molar-refractivity contribution in [2.45, 2.75) is 58.0 Å². The zero-order chi connectivity index (χ0) is 18.4. The van der Waals surface area contributed by atoms with Crippen LogP contribution in [-0.4, -0.2) is 41.5 Å². The lowest BCUT2D eigenvalue weighted by molar-refractivity contribution is -0.133. The van der Waals surface area contributed by atoms with E-state index in [-0.39, 0.29) is 36.9 Å². The van der Waals surface area contributed by atoms with Crippen molar-refractivity contribution in [3.05, 3.63) is 35.4 Å². The van der Waals surface area contributed by atoms with Crippen LogP contribution in [0, 0.1) is 12.8 Å². The second-order valence-corrected chi connectivity index (χ2v) is 7.23. The Labute approximate surface area is 150 Å². The summed E-state index contributed by atoms with van der Waals surface area (Å²) in [6.45, 7) is 3.73. The van der Waals surface area contributed by atoms with Crippen molar-refractivity contribution in [2.75, 3.05) is 13.7 Å². The molecule has 0 saturated heterocycles. The van der Waals surface area contributed by atoms with Crippen LogP contribution in [0.1, 0.15) is 56.2 Å². The molecule has 2 N–H and O–H groups in total. The van der Waals surface area contributed by atoms with Gasteiger partial charge in [0.15, 0.2) is 0 Å². The van der Waals surface area contributed by atoms with Crippen LogP contribution in [0.5, 0.6) is 0 Å². The van der Waals surface area contributed by atoms with Gasteiger partial charge in [0, 0.05) is 26.6 Å². The molecule has 2 amide bonds. The van der Waals surface area contributed by atoms with E-state index < -0.39 is 0 Å². The van der Waals surface area contributed by atoms with E-state index in [1.54, 1.807) is 0 Å². The fraction of sp³-hybridized carbons (Fsp3) is 0.600. The van der Waals surface area contributed by atoms with Crippen molar-refractivity contribution in [3.8, 4) is 0 Å². The highest BCUT2D eigenvalue weighted by Crippen LogP contribution is 2.28. The smallest absolute Gasteiger partial charge is 0.224 e. The van der Waals surface area contributed by atoms with Gasteiger partial charge in [-0.3, -0.25) is 9.59 Å². The summed E-state index contributed by atoms with van der Waals surface area (Å²) in [5, 5.41) is 12.2. The van der Waals surface area contributed by atoms with Gasteiger partial charge >= 0.3 is 0 Å². The number of hydrogen-bond acceptors (Lipinski definition) is 3. The molecule has 1 unspecified atom stereocenters. The Kier molecular flexibility index (Phi) is 7.00. The van der Waals surface area contributed by atoms with Gasteiger partial charge in [0.1, 0.15) is 0 Å². The Hall–Kier alpha value is -1.88. The third-order valence-corrected chi connectivity index (χ3v) is 5.25. The van der Waals surface area contributed by atoms with Crippen LogP contribution in [-0.2, 0) is 9.59 Å². The van der Waals surface area contributed by atoms with Crippen LogP contribution in [0.25, 0.3) is 0 Å². The number of rotatable bonds is 6. The summed E-state index contributed by atoms with van der Waals surface area (Å²) in [5.74, 6) is 0.288. The molecule has 2 rings (SSSR count). The molecule has 1 fully saturated rings. The number of carbonyl (C=O) groups excluding carboxylic acids is 2. The van der Waals surface area contributed by atoms with E-state index >= 15 is 0 Å². The second kappa shape index (κ2) is 8.99. The summed E-state index contributed by atoms with van der Waals surface area (Å²) in [5.41, 5.74) is 2.10. The third kappa shape index (κ3) is 5.56. The largest absolute Gasteiger partial charge is 0.396 e. The Morgan fingerprint density at radius 1 is 1.20 bits per heavy atom. The molecule has 0 radical (unpaired) electrons. The number of aryl methyl sites for hydroxylation is 1. The summed E-state index contributed by atoms with van der Waals surface area (Å²) >= 11 is 0. The van der Waals surface area contributed by atoms with Gasteiger partial charge in [0.2, 0.25) is 11.8 Å². The maximum absolute atomic E-state index is 12.8. The molecule has 25 heavy (non-hydrogen) atoms. The second-order valence-electron chi connectivity index (χ2n) is 7.23. The van der Waals surface area contributed by atoms with Gasteiger partial charge in [0.25, 0.3) is 0 Å². The zero-order valence-corrected chi connectivity index (χ0v) is 15.5. The minimum atomic E-state index is -0.304. The van der Waals surface area contributed by atoms with E-state index in [9.17, 15) is 14.7 Å². The van der Waals surface area contributed by atoms with E-state index in [0.29, 0.717) is 5.92 Å². The number of aliphatic hydroxyl groups excluding tert-OH is 1. The first kappa shape index (κ1) is 19.4. The molecule has 1 aromatic rings. The van der Waals surface area contributed by atoms with Gasteiger partial charge in [-0.25, -0.2) is 0 Å². The van der Waals surface area contributed by atoms with Crippen LogP contribution in [0.15, 0.2) is 24.3 Å². The van der Waals surface area contributed by atoms with Crippen LogP contribution < -0.4 is 5.32 Å². The van der Waals surface area contributed by atoms with E-state index in [2.05, 4.69) is 5.32 Å². The summed E-state index contributed by atoms with van der Waals surface area (Å²) in [7, 11) is 1.85. The SMILES string of the molecule is CC(=O)NC(CC(=O)N(C)C1CCC(CO)CC1)c1ccc(C)cc1. The molecule has 1 aromatic carbocycles. The number of hydrogen-bond donors (Lipinski definition) is 2. The molecule has 1 aliphatic rings. The first-order valence-corrected chi connectivity index (χ1v) is 9.11. The van der Waals surface area contributed by atoms with Gasteiger partial charge in [-0.15, -0.1) is 0 Å². The lowest BCUT2D eigenvalue weighted by atomic mass is 9.86. The van der Waals surface area contributed by atoms with Crippen LogP contribution in [0.4, 0.5) is 0 Å². The monoisotopic (exact) mass is 346 g/mol. The maximum atomic E-state index is 12.8. The van der Waals surface area contributed by atoms with Gasteiger partial charge in [0.05, 0.1) is 12.5 Å². The molecule has 0 aromatic heterocycles. The molecule has 5 nitrogen and oxygen atoms in total. The molecule has 1 saturated carbocycles. The van der Waals surface area contributed by atoms with Crippen molar-refractivity contribution in [2.24, 2.45) is 5.92 Å². The Morgan fingerprint density at radius 2 is 1.80 bits per heavy atom. The van der Waals surface area contributed by atoms with E-state index in [0.717, 1.165) is 36.8 Å². The first-order chi connectivity index (χ1) is 11.9. The topological polar surface area (TPSA) is 69.6 Å². The molecule has 0 bridgehead atoms. The standard InChI is InChI=1S/C20H30N2O3/c1-14-4-8-17(9-5-14)19(21-15(2)24)12-20(25)22(3)18-10-6-16(13-23)7-11-18/h4-5,8-9,16,18-19,23H,6-7,10-13H2,1-3H3,(H,21,24). The number of nitrogens with one attached hydrogen (secondary N) is 1. The van der Waals surface area contributed by atoms with Crippen molar-refractivity contribution in [1.82, 2.24) is 10.2 Å². The fourth-order valence-corrected chi connectivity index (χ4v) is 3.53. The zero-order valence-electron chi connectivity index (χ0n) is 15.5. The molecule has 0 heterocycles. The van der Waals surface area contributed by atoms with Crippen LogP contribution >= 0.6 is 0 Å². The minimum Gasteiger partial charge on any atom is -0.396 e. The van der Waals surface area contributed by atoms with E-state index in [1.807, 2.05) is 43.1 Å². The summed E-state index contributed by atoms with van der Waals surface area (Å²) in [6.07, 6.45) is 4.06. The van der Waals surface area contributed by atoms with E-state index in [1.165, 1.54) is 6.92 Å². The number of carbonyl (C=O) groups is 2. The quantitative estimate of drug-likeness (QED) is 0.832. The fourth-order valence-electron chi connectivity index (χ4n) is 3.53. The average molecular weight is 346 g/mol. The van der Waals surface area contributed by atoms with Crippen molar-refractivity contribution < 1.29 is 14.7 Å². The summed E-state index contributed by atoms with van der Waals surface area (Å²) in [4.78, 5) is 26.1. The van der Waals surface area contributed by atoms with E-state index in [4.69, 9.17) is 0 Å². The molecule has 138 valence electrons. The average Bonchev–Trinajstić information content (AvgIpc) is 2.60. The highest BCUT2D eigenvalue weighted by molar-refractivity contribution is 5.79. The number of benzene rings is 1. The van der Waals surface area contributed by atoms with Gasteiger partial charge in [-0.2, -0.15) is 0 Å². The van der Waals surface area contributed by atoms with Gasteiger partial charge in [-0.1, -0.05) is 29.8 Å². The Morgan fingerprint density at radius 3 is 2.32 bits per heavy atom. The predicted octanol–water partition coefficient (Wildman–Crippen LogP) is 2.57. The minimum absolute atomic E-state index is 0.0479. The first-order valence-electron chi connectivity index (χ1n) is 9.11. The van der Waals surface area contributed by atoms with Crippen LogP contribution in [0.2, 0.25) is 0 Å². The lowest BCUT2D eigenvalue weighted by Gasteiger charge is -2.35. The highest BCUT2D eigenvalue weighted by Gasteiger charge is 2.28. The lowest BCUT2D eigenvalue weighted by Crippen LogP contribution is -2.41. The number of amides is 2. The predicted molar refractivity (Wildman–Crippen MR) is 98.0 cm³/mol. The Balaban J connectivity index is 2.01. The summed E-state index contributed by atoms with van der Waals surface area (Å²) < 4.78 is 0. The van der Waals surface area contributed by atoms with Crippen molar-refractivity contribution in [1.29, 1.82) is 0 Å². The molecular weight excluding hydrogens is 316 g/mol. The molecule has 0 aliphatic heterocycles. The number of aliphatic hydroxyl groups is 1. The maximum Gasteiger partial charge on any atom is 0.224 e. The molecular formula is C20H30N2O3. The van der Waals surface area contributed by atoms with Gasteiger partial charge in [-0.05, 0) is 44.1 Å². The van der Waals surface area contributed by atoms with Crippen LogP contribution in [0.3, 0.4) is 0 Å². The molecule has 1 atom stereocenters. The normalized spacial score (nSPS) is 21.4. The van der Waals surface area contributed by atoms with Crippen molar-refractivity contribution >= 4 is 11.8 Å². The molecule has 1 aliphatic carbocycles. The highest BCUT2D eigenvalue weighted by atomic mass is 16.3. The van der Waals surface area contributed by atoms with Gasteiger partial charge < -0.3 is 15.3 Å². The number of nitrogens with zero attached hydrogens (tertiary/aromatic N) is 1. The molecule has 0 spiro atoms. The Bertz CT molecular complexity index is 577.